The maximum atomic E-state index is 15.6. The number of halogens is 1. The Labute approximate surface area is 248 Å². The van der Waals surface area contributed by atoms with Gasteiger partial charge in [-0.15, -0.1) is 4.91 Å². The van der Waals surface area contributed by atoms with E-state index >= 15 is 4.39 Å². The van der Waals surface area contributed by atoms with Gasteiger partial charge in [-0.2, -0.15) is 0 Å². The smallest absolute Gasteiger partial charge is 0.414 e. The van der Waals surface area contributed by atoms with Crippen LogP contribution in [0.15, 0.2) is 58.0 Å². The molecule has 1 aromatic rings. The van der Waals surface area contributed by atoms with E-state index in [9.17, 15) is 9.70 Å². The number of anilines is 1. The van der Waals surface area contributed by atoms with Crippen molar-refractivity contribution in [2.45, 2.75) is 32.0 Å². The number of ether oxygens (including phenoxy) is 4. The van der Waals surface area contributed by atoms with Crippen LogP contribution in [0.3, 0.4) is 0 Å². The average Bonchev–Trinajstić information content (AvgIpc) is 3.40. The Morgan fingerprint density at radius 3 is 2.95 bits per heavy atom. The van der Waals surface area contributed by atoms with Gasteiger partial charge in [0.1, 0.15) is 30.0 Å². The molecule has 4 N–H and O–H groups in total. The molecule has 0 unspecified atom stereocenters. The number of nitrogens with one attached hydrogen (secondary N) is 4. The number of fused-ring (bicyclic) bond motifs is 1. The monoisotopic (exact) mass is 600 g/mol. The van der Waals surface area contributed by atoms with Crippen molar-refractivity contribution in [1.29, 1.82) is 0 Å². The number of carbonyl (C=O) groups excluding carboxylic acids is 1. The summed E-state index contributed by atoms with van der Waals surface area (Å²) in [6, 6.07) is 4.91. The van der Waals surface area contributed by atoms with E-state index in [1.165, 1.54) is 11.0 Å². The number of amidine groups is 1. The molecule has 43 heavy (non-hydrogen) atoms. The number of benzene rings is 1. The van der Waals surface area contributed by atoms with Gasteiger partial charge in [0.05, 0.1) is 31.9 Å². The van der Waals surface area contributed by atoms with Crippen LogP contribution in [0, 0.1) is 10.7 Å². The number of nitroso groups, excluding NO2 is 1. The molecule has 4 heterocycles. The topological polar surface area (TPSA) is 150 Å². The van der Waals surface area contributed by atoms with Crippen molar-refractivity contribution in [2.24, 2.45) is 10.2 Å². The molecule has 4 aliphatic rings. The van der Waals surface area contributed by atoms with E-state index in [2.05, 4.69) is 31.7 Å². The second-order valence-electron chi connectivity index (χ2n) is 10.2. The van der Waals surface area contributed by atoms with Gasteiger partial charge in [-0.1, -0.05) is 6.92 Å². The summed E-state index contributed by atoms with van der Waals surface area (Å²) in [6.45, 7) is 5.21. The van der Waals surface area contributed by atoms with Gasteiger partial charge in [0, 0.05) is 43.5 Å². The lowest BCUT2D eigenvalue weighted by atomic mass is 10.0. The summed E-state index contributed by atoms with van der Waals surface area (Å²) in [6.07, 6.45) is 3.53. The fourth-order valence-electron chi connectivity index (χ4n) is 4.99. The zero-order valence-electron chi connectivity index (χ0n) is 24.2. The summed E-state index contributed by atoms with van der Waals surface area (Å²) >= 11 is 0. The lowest BCUT2D eigenvalue weighted by Crippen LogP contribution is -2.46. The molecule has 1 amide bonds. The second kappa shape index (κ2) is 14.3. The number of carbonyl (C=O) groups is 1. The van der Waals surface area contributed by atoms with E-state index in [4.69, 9.17) is 18.9 Å². The lowest BCUT2D eigenvalue weighted by molar-refractivity contribution is -0.00902. The average molecular weight is 601 g/mol. The number of nitrogens with zero attached hydrogens (tertiary/aromatic N) is 4. The minimum atomic E-state index is -0.526. The number of allylic oxidation sites excluding steroid dienone is 1. The fraction of sp³-hybridized carbons (Fsp3) is 0.500. The van der Waals surface area contributed by atoms with Crippen molar-refractivity contribution < 1.29 is 28.1 Å². The van der Waals surface area contributed by atoms with Crippen LogP contribution in [0.1, 0.15) is 25.3 Å². The van der Waals surface area contributed by atoms with E-state index < -0.39 is 11.9 Å². The lowest BCUT2D eigenvalue weighted by Gasteiger charge is -2.36. The summed E-state index contributed by atoms with van der Waals surface area (Å²) in [5.41, 5.74) is 7.45. The molecule has 4 aliphatic heterocycles. The highest BCUT2D eigenvalue weighted by Gasteiger charge is 2.33. The van der Waals surface area contributed by atoms with Crippen LogP contribution in [-0.4, -0.2) is 88.8 Å². The molecule has 2 atom stereocenters. The number of cyclic esters (lactones) is 1. The van der Waals surface area contributed by atoms with Gasteiger partial charge in [0.2, 0.25) is 0 Å². The van der Waals surface area contributed by atoms with E-state index in [1.807, 2.05) is 13.0 Å². The third-order valence-corrected chi connectivity index (χ3v) is 7.07. The number of aliphatic imine (C=N–C) groups is 1. The molecule has 232 valence electrons. The van der Waals surface area contributed by atoms with Crippen molar-refractivity contribution in [3.63, 3.8) is 0 Å². The molecule has 14 nitrogen and oxygen atoms in total. The number of hydrogen-bond donors (Lipinski definition) is 4. The van der Waals surface area contributed by atoms with Crippen LogP contribution < -0.4 is 26.4 Å². The van der Waals surface area contributed by atoms with Crippen molar-refractivity contribution in [3.8, 4) is 0 Å². The summed E-state index contributed by atoms with van der Waals surface area (Å²) < 4.78 is 38.5. The van der Waals surface area contributed by atoms with Gasteiger partial charge >= 0.3 is 6.09 Å². The quantitative estimate of drug-likeness (QED) is 0.150. The molecule has 0 radical (unpaired) electrons. The van der Waals surface area contributed by atoms with Crippen molar-refractivity contribution in [3.05, 3.63) is 64.2 Å². The molecule has 1 aromatic carbocycles. The van der Waals surface area contributed by atoms with Gasteiger partial charge < -0.3 is 29.2 Å². The van der Waals surface area contributed by atoms with E-state index in [-0.39, 0.29) is 24.8 Å². The zero-order valence-corrected chi connectivity index (χ0v) is 24.2. The van der Waals surface area contributed by atoms with Crippen molar-refractivity contribution in [1.82, 2.24) is 26.4 Å². The maximum absolute atomic E-state index is 15.6. The van der Waals surface area contributed by atoms with E-state index in [0.717, 1.165) is 6.42 Å². The highest BCUT2D eigenvalue weighted by Crippen LogP contribution is 2.29. The Morgan fingerprint density at radius 1 is 1.28 bits per heavy atom. The molecule has 2 fully saturated rings. The molecular weight excluding hydrogens is 563 g/mol. The largest absolute Gasteiger partial charge is 0.475 e. The Hall–Kier alpha value is -4.21. The Kier molecular flexibility index (Phi) is 10.1. The predicted molar refractivity (Wildman–Crippen MR) is 157 cm³/mol. The summed E-state index contributed by atoms with van der Waals surface area (Å²) in [5.74, 6) is 0.698. The number of hydrogen-bond acceptors (Lipinski definition) is 13. The predicted octanol–water partition coefficient (Wildman–Crippen LogP) is 2.09. The van der Waals surface area contributed by atoms with Gasteiger partial charge in [-0.25, -0.2) is 14.2 Å². The number of hydrazine groups is 1. The number of amides is 1. The fourth-order valence-corrected chi connectivity index (χ4v) is 4.99. The van der Waals surface area contributed by atoms with Crippen LogP contribution in [0.25, 0.3) is 5.57 Å². The van der Waals surface area contributed by atoms with Crippen molar-refractivity contribution in [2.75, 3.05) is 64.5 Å². The van der Waals surface area contributed by atoms with E-state index in [1.54, 1.807) is 30.3 Å². The Balaban J connectivity index is 1.29. The molecule has 0 bridgehead atoms. The normalized spacial score (nSPS) is 21.7. The second-order valence-corrected chi connectivity index (χ2v) is 10.2. The summed E-state index contributed by atoms with van der Waals surface area (Å²) in [5, 5.41) is 9.49. The Bertz CT molecular complexity index is 1320. The maximum Gasteiger partial charge on any atom is 0.414 e. The third kappa shape index (κ3) is 7.42. The molecule has 0 spiro atoms. The standard InChI is InChI=1S/C28H37FN8O6/c1-3-9-40-10-8-31-26-23(22-6-5-19(11-24(22)29)37-16-20(12-33-30-2)43-28(37)38)13-32-27(34-26)42-21-15-36-14-18(35-39)4-7-25(36)41-17-21/h5-7,11,14,20-21,30-31,33H,3-4,8-10,12-13,15-17H2,1-2H3,(H,32,34)/t20-,21-/m0/s1. The van der Waals surface area contributed by atoms with Gasteiger partial charge in [-0.05, 0) is 42.9 Å². The van der Waals surface area contributed by atoms with Crippen molar-refractivity contribution >= 4 is 23.4 Å². The zero-order chi connectivity index (χ0) is 30.2. The first-order chi connectivity index (χ1) is 21.0. The SMILES string of the molecule is CCCOCCNC1=C(c2ccc(N3C[C@H](CNNC)OC3=O)cc2F)CN=C(O[C@@H]2COC3=CCC(N=O)=CN3C2)N1. The first-order valence-corrected chi connectivity index (χ1v) is 14.3. The van der Waals surface area contributed by atoms with Crippen LogP contribution in [0.5, 0.6) is 0 Å². The first-order valence-electron chi connectivity index (χ1n) is 14.3. The Morgan fingerprint density at radius 2 is 2.16 bits per heavy atom. The van der Waals surface area contributed by atoms with Gasteiger partial charge in [-0.3, -0.25) is 21.1 Å². The number of rotatable bonds is 13. The highest BCUT2D eigenvalue weighted by atomic mass is 19.1. The molecule has 2 saturated heterocycles. The van der Waals surface area contributed by atoms with Crippen LogP contribution >= 0.6 is 0 Å². The molecule has 0 saturated carbocycles. The van der Waals surface area contributed by atoms with Gasteiger partial charge in [0.15, 0.2) is 12.0 Å². The molecule has 0 aromatic heterocycles. The van der Waals surface area contributed by atoms with Crippen LogP contribution in [0.4, 0.5) is 14.9 Å². The molecule has 15 heteroatoms. The van der Waals surface area contributed by atoms with Crippen LogP contribution in [-0.2, 0) is 18.9 Å². The van der Waals surface area contributed by atoms with E-state index in [0.29, 0.717) is 86.6 Å². The summed E-state index contributed by atoms with van der Waals surface area (Å²) in [7, 11) is 1.73. The first kappa shape index (κ1) is 30.3. The minimum Gasteiger partial charge on any atom is -0.475 e. The van der Waals surface area contributed by atoms with Gasteiger partial charge in [0.25, 0.3) is 6.02 Å². The van der Waals surface area contributed by atoms with Crippen LogP contribution in [0.2, 0.25) is 0 Å². The molecule has 0 aliphatic carbocycles. The molecular formula is C28H37FN8O6. The summed E-state index contributed by atoms with van der Waals surface area (Å²) in [4.78, 5) is 31.1. The third-order valence-electron chi connectivity index (χ3n) is 7.07. The molecule has 5 rings (SSSR count). The minimum absolute atomic E-state index is 0.141. The highest BCUT2D eigenvalue weighted by molar-refractivity contribution is 5.90.